The van der Waals surface area contributed by atoms with Crippen LogP contribution in [0.3, 0.4) is 0 Å². The van der Waals surface area contributed by atoms with Crippen LogP contribution in [-0.4, -0.2) is 14.9 Å². The summed E-state index contributed by atoms with van der Waals surface area (Å²) in [4.78, 5) is 0. The van der Waals surface area contributed by atoms with Crippen molar-refractivity contribution in [3.63, 3.8) is 0 Å². The average molecular weight is 184 g/mol. The highest BCUT2D eigenvalue weighted by Crippen LogP contribution is 2.12. The zero-order valence-electron chi connectivity index (χ0n) is 7.16. The molecule has 0 atom stereocenters. The van der Waals surface area contributed by atoms with Crippen LogP contribution in [0.5, 0.6) is 0 Å². The van der Waals surface area contributed by atoms with E-state index in [0.717, 1.165) is 17.8 Å². The van der Waals surface area contributed by atoms with Crippen LogP contribution in [0.4, 0.5) is 5.69 Å². The molecule has 5 heteroatoms. The molecule has 0 unspecified atom stereocenters. The van der Waals surface area contributed by atoms with Crippen molar-refractivity contribution in [2.45, 2.75) is 13.3 Å². The highest BCUT2D eigenvalue weighted by Gasteiger charge is 2.04. The van der Waals surface area contributed by atoms with Crippen molar-refractivity contribution in [1.82, 2.24) is 9.78 Å². The van der Waals surface area contributed by atoms with Gasteiger partial charge in [0.05, 0.1) is 11.4 Å². The molecule has 0 bridgehead atoms. The summed E-state index contributed by atoms with van der Waals surface area (Å²) in [6, 6.07) is 0. The van der Waals surface area contributed by atoms with E-state index in [0.29, 0.717) is 0 Å². The second-order valence-electron chi connectivity index (χ2n) is 2.51. The second-order valence-corrected chi connectivity index (χ2v) is 2.95. The fraction of sp³-hybridized carbons (Fsp3) is 0.429. The minimum atomic E-state index is 0.276. The van der Waals surface area contributed by atoms with Gasteiger partial charge in [0.15, 0.2) is 5.11 Å². The predicted octanol–water partition coefficient (Wildman–Crippen LogP) is 0.638. The maximum absolute atomic E-state index is 5.34. The molecule has 0 spiro atoms. The van der Waals surface area contributed by atoms with Crippen LogP contribution in [0.2, 0.25) is 0 Å². The fourth-order valence-corrected chi connectivity index (χ4v) is 1.14. The summed E-state index contributed by atoms with van der Waals surface area (Å²) in [6.07, 6.45) is 2.73. The largest absolute Gasteiger partial charge is 0.376 e. The number of hydrogen-bond donors (Lipinski definition) is 2. The summed E-state index contributed by atoms with van der Waals surface area (Å²) in [6.45, 7) is 2.03. The molecular weight excluding hydrogens is 172 g/mol. The molecule has 0 aliphatic carbocycles. The zero-order valence-corrected chi connectivity index (χ0v) is 7.98. The minimum Gasteiger partial charge on any atom is -0.376 e. The summed E-state index contributed by atoms with van der Waals surface area (Å²) in [7, 11) is 1.86. The van der Waals surface area contributed by atoms with Crippen molar-refractivity contribution in [3.05, 3.63) is 11.9 Å². The Morgan fingerprint density at radius 2 is 2.50 bits per heavy atom. The normalized spacial score (nSPS) is 9.83. The van der Waals surface area contributed by atoms with Gasteiger partial charge in [0.2, 0.25) is 0 Å². The third-order valence-corrected chi connectivity index (χ3v) is 1.60. The Balaban J connectivity index is 2.89. The third-order valence-electron chi connectivity index (χ3n) is 1.50. The summed E-state index contributed by atoms with van der Waals surface area (Å²) in [5.74, 6) is 0. The van der Waals surface area contributed by atoms with E-state index >= 15 is 0 Å². The molecule has 0 saturated carbocycles. The van der Waals surface area contributed by atoms with Crippen LogP contribution in [0.15, 0.2) is 6.20 Å². The Bertz CT molecular complexity index is 292. The predicted molar refractivity (Wildman–Crippen MR) is 53.0 cm³/mol. The van der Waals surface area contributed by atoms with E-state index < -0.39 is 0 Å². The first-order valence-corrected chi connectivity index (χ1v) is 4.13. The SMILES string of the molecule is CCc1nn(C)cc1NC(N)=S. The molecule has 0 aliphatic rings. The first-order chi connectivity index (χ1) is 5.63. The van der Waals surface area contributed by atoms with Gasteiger partial charge in [-0.3, -0.25) is 4.68 Å². The van der Waals surface area contributed by atoms with E-state index in [9.17, 15) is 0 Å². The number of hydrogen-bond acceptors (Lipinski definition) is 2. The Morgan fingerprint density at radius 1 is 1.83 bits per heavy atom. The van der Waals surface area contributed by atoms with Gasteiger partial charge in [-0.25, -0.2) is 0 Å². The second kappa shape index (κ2) is 3.53. The topological polar surface area (TPSA) is 55.9 Å². The quantitative estimate of drug-likeness (QED) is 0.662. The van der Waals surface area contributed by atoms with Crippen LogP contribution >= 0.6 is 12.2 Å². The van der Waals surface area contributed by atoms with Crippen LogP contribution < -0.4 is 11.1 Å². The molecule has 1 heterocycles. The molecule has 1 aromatic heterocycles. The Kier molecular flexibility index (Phi) is 2.65. The number of nitrogens with zero attached hydrogens (tertiary/aromatic N) is 2. The van der Waals surface area contributed by atoms with Crippen molar-refractivity contribution in [3.8, 4) is 0 Å². The smallest absolute Gasteiger partial charge is 0.168 e. The monoisotopic (exact) mass is 184 g/mol. The standard InChI is InChI=1S/C7H12N4S/c1-3-5-6(9-7(8)12)4-11(2)10-5/h4H,3H2,1-2H3,(H3,8,9,12). The highest BCUT2D eigenvalue weighted by molar-refractivity contribution is 7.80. The van der Waals surface area contributed by atoms with Crippen molar-refractivity contribution in [2.24, 2.45) is 12.8 Å². The van der Waals surface area contributed by atoms with Gasteiger partial charge >= 0.3 is 0 Å². The lowest BCUT2D eigenvalue weighted by Gasteiger charge is -2.00. The van der Waals surface area contributed by atoms with Gasteiger partial charge in [0.1, 0.15) is 0 Å². The number of aromatic nitrogens is 2. The lowest BCUT2D eigenvalue weighted by molar-refractivity contribution is 0.746. The minimum absolute atomic E-state index is 0.276. The molecule has 12 heavy (non-hydrogen) atoms. The molecule has 0 fully saturated rings. The first kappa shape index (κ1) is 8.99. The molecule has 0 aliphatic heterocycles. The van der Waals surface area contributed by atoms with Crippen LogP contribution in [0, 0.1) is 0 Å². The van der Waals surface area contributed by atoms with Crippen molar-refractivity contribution in [1.29, 1.82) is 0 Å². The molecular formula is C7H12N4S. The lowest BCUT2D eigenvalue weighted by atomic mass is 10.3. The number of nitrogens with two attached hydrogens (primary N) is 1. The number of anilines is 1. The zero-order chi connectivity index (χ0) is 9.14. The number of nitrogens with one attached hydrogen (secondary N) is 1. The summed E-state index contributed by atoms with van der Waals surface area (Å²) in [5.41, 5.74) is 7.21. The van der Waals surface area contributed by atoms with Crippen LogP contribution in [0.1, 0.15) is 12.6 Å². The molecule has 0 aromatic carbocycles. The summed E-state index contributed by atoms with van der Waals surface area (Å²) >= 11 is 4.72. The van der Waals surface area contributed by atoms with Crippen LogP contribution in [0.25, 0.3) is 0 Å². The first-order valence-electron chi connectivity index (χ1n) is 3.72. The molecule has 3 N–H and O–H groups in total. The van der Waals surface area contributed by atoms with Gasteiger partial charge in [0, 0.05) is 13.2 Å². The Labute approximate surface area is 76.7 Å². The van der Waals surface area contributed by atoms with Gasteiger partial charge in [-0.05, 0) is 18.6 Å². The number of aryl methyl sites for hydroxylation is 2. The molecule has 0 amide bonds. The van der Waals surface area contributed by atoms with E-state index in [1.165, 1.54) is 0 Å². The lowest BCUT2D eigenvalue weighted by Crippen LogP contribution is -2.19. The summed E-state index contributed by atoms with van der Waals surface area (Å²) < 4.78 is 1.74. The molecule has 1 aromatic rings. The molecule has 1 rings (SSSR count). The van der Waals surface area contributed by atoms with Gasteiger partial charge in [0.25, 0.3) is 0 Å². The van der Waals surface area contributed by atoms with Gasteiger partial charge in [-0.2, -0.15) is 5.10 Å². The van der Waals surface area contributed by atoms with Crippen LogP contribution in [-0.2, 0) is 13.5 Å². The fourth-order valence-electron chi connectivity index (χ4n) is 1.03. The van der Waals surface area contributed by atoms with E-state index in [2.05, 4.69) is 10.4 Å². The number of rotatable bonds is 2. The van der Waals surface area contributed by atoms with Gasteiger partial charge < -0.3 is 11.1 Å². The van der Waals surface area contributed by atoms with E-state index in [-0.39, 0.29) is 5.11 Å². The highest BCUT2D eigenvalue weighted by atomic mass is 32.1. The maximum Gasteiger partial charge on any atom is 0.168 e. The third kappa shape index (κ3) is 1.94. The van der Waals surface area contributed by atoms with Gasteiger partial charge in [-0.15, -0.1) is 0 Å². The summed E-state index contributed by atoms with van der Waals surface area (Å²) in [5, 5.41) is 7.37. The number of thiocarbonyl (C=S) groups is 1. The Hall–Kier alpha value is -1.10. The van der Waals surface area contributed by atoms with E-state index in [4.69, 9.17) is 18.0 Å². The van der Waals surface area contributed by atoms with E-state index in [1.54, 1.807) is 4.68 Å². The average Bonchev–Trinajstić information content (AvgIpc) is 2.29. The maximum atomic E-state index is 5.34. The van der Waals surface area contributed by atoms with Gasteiger partial charge in [-0.1, -0.05) is 6.92 Å². The molecule has 4 nitrogen and oxygen atoms in total. The van der Waals surface area contributed by atoms with Crippen molar-refractivity contribution < 1.29 is 0 Å². The van der Waals surface area contributed by atoms with Crippen molar-refractivity contribution in [2.75, 3.05) is 5.32 Å². The van der Waals surface area contributed by atoms with E-state index in [1.807, 2.05) is 20.2 Å². The molecule has 0 radical (unpaired) electrons. The van der Waals surface area contributed by atoms with Crippen molar-refractivity contribution >= 4 is 23.0 Å². The Morgan fingerprint density at radius 3 is 3.00 bits per heavy atom. The molecule has 66 valence electrons. The molecule has 0 saturated heterocycles.